The number of rotatable bonds is 6. The van der Waals surface area contributed by atoms with E-state index in [0.717, 1.165) is 12.5 Å². The van der Waals surface area contributed by atoms with Gasteiger partial charge in [-0.05, 0) is 24.3 Å². The highest BCUT2D eigenvalue weighted by atomic mass is 14.6. The van der Waals surface area contributed by atoms with Crippen LogP contribution in [0.3, 0.4) is 0 Å². The lowest BCUT2D eigenvalue weighted by atomic mass is 9.71. The van der Waals surface area contributed by atoms with Gasteiger partial charge in [0.05, 0.1) is 0 Å². The normalized spacial score (nSPS) is 16.5. The van der Waals surface area contributed by atoms with Gasteiger partial charge < -0.3 is 5.73 Å². The molecule has 0 bridgehead atoms. The molecular weight excluding hydrogens is 146 g/mol. The summed E-state index contributed by atoms with van der Waals surface area (Å²) in [5.74, 6) is 0.808. The van der Waals surface area contributed by atoms with Gasteiger partial charge >= 0.3 is 0 Å². The molecule has 0 spiro atoms. The van der Waals surface area contributed by atoms with Gasteiger partial charge in [0, 0.05) is 0 Å². The molecule has 1 unspecified atom stereocenters. The van der Waals surface area contributed by atoms with E-state index in [1.165, 1.54) is 25.7 Å². The molecule has 0 amide bonds. The summed E-state index contributed by atoms with van der Waals surface area (Å²) < 4.78 is 0. The smallest absolute Gasteiger partial charge is 0.00205 e. The molecule has 1 atom stereocenters. The minimum absolute atomic E-state index is 0.387. The molecule has 1 nitrogen and oxygen atoms in total. The first-order valence-electron chi connectivity index (χ1n) is 5.34. The summed E-state index contributed by atoms with van der Waals surface area (Å²) >= 11 is 0. The fraction of sp³-hybridized carbons (Fsp3) is 1.00. The van der Waals surface area contributed by atoms with Crippen LogP contribution in [0.5, 0.6) is 0 Å². The molecule has 0 saturated heterocycles. The zero-order valence-electron chi connectivity index (χ0n) is 9.19. The molecule has 0 fully saturated rings. The molecule has 0 aliphatic rings. The molecular formula is C11H25N. The van der Waals surface area contributed by atoms with Gasteiger partial charge in [0.2, 0.25) is 0 Å². The molecule has 1 heteroatoms. The Bertz CT molecular complexity index is 108. The van der Waals surface area contributed by atoms with E-state index in [2.05, 4.69) is 27.7 Å². The zero-order chi connectivity index (χ0) is 9.61. The van der Waals surface area contributed by atoms with E-state index >= 15 is 0 Å². The van der Waals surface area contributed by atoms with Crippen LogP contribution in [0.4, 0.5) is 0 Å². The summed E-state index contributed by atoms with van der Waals surface area (Å²) in [4.78, 5) is 0. The Labute approximate surface area is 77.7 Å². The monoisotopic (exact) mass is 171 g/mol. The standard InChI is InChI=1S/C11H25N/c1-5-8-11(4,9-12)10(6-2)7-3/h10H,5-9,12H2,1-4H3. The first kappa shape index (κ1) is 12.0. The topological polar surface area (TPSA) is 26.0 Å². The van der Waals surface area contributed by atoms with E-state index in [1.807, 2.05) is 0 Å². The van der Waals surface area contributed by atoms with E-state index in [0.29, 0.717) is 5.41 Å². The van der Waals surface area contributed by atoms with Crippen molar-refractivity contribution < 1.29 is 0 Å². The van der Waals surface area contributed by atoms with Crippen LogP contribution in [0.2, 0.25) is 0 Å². The van der Waals surface area contributed by atoms with Crippen molar-refractivity contribution in [2.45, 2.75) is 53.4 Å². The minimum Gasteiger partial charge on any atom is -0.330 e. The van der Waals surface area contributed by atoms with E-state index < -0.39 is 0 Å². The largest absolute Gasteiger partial charge is 0.330 e. The van der Waals surface area contributed by atoms with E-state index in [4.69, 9.17) is 5.73 Å². The highest BCUT2D eigenvalue weighted by Crippen LogP contribution is 2.35. The minimum atomic E-state index is 0.387. The summed E-state index contributed by atoms with van der Waals surface area (Å²) in [5, 5.41) is 0. The van der Waals surface area contributed by atoms with Crippen molar-refractivity contribution in [3.8, 4) is 0 Å². The van der Waals surface area contributed by atoms with E-state index in [9.17, 15) is 0 Å². The highest BCUT2D eigenvalue weighted by molar-refractivity contribution is 4.81. The lowest BCUT2D eigenvalue weighted by molar-refractivity contribution is 0.165. The van der Waals surface area contributed by atoms with Crippen LogP contribution in [-0.4, -0.2) is 6.54 Å². The average molecular weight is 171 g/mol. The number of hydrogen-bond acceptors (Lipinski definition) is 1. The lowest BCUT2D eigenvalue weighted by Gasteiger charge is -2.35. The summed E-state index contributed by atoms with van der Waals surface area (Å²) in [5.41, 5.74) is 6.23. The molecule has 2 N–H and O–H groups in total. The molecule has 12 heavy (non-hydrogen) atoms. The molecule has 0 aromatic heterocycles. The van der Waals surface area contributed by atoms with Gasteiger partial charge in [-0.3, -0.25) is 0 Å². The number of hydrogen-bond donors (Lipinski definition) is 1. The summed E-state index contributed by atoms with van der Waals surface area (Å²) in [6, 6.07) is 0. The van der Waals surface area contributed by atoms with Gasteiger partial charge in [-0.15, -0.1) is 0 Å². The Morgan fingerprint density at radius 2 is 1.67 bits per heavy atom. The first-order valence-corrected chi connectivity index (χ1v) is 5.34. The maximum atomic E-state index is 5.85. The van der Waals surface area contributed by atoms with Crippen LogP contribution in [-0.2, 0) is 0 Å². The molecule has 0 aliphatic carbocycles. The van der Waals surface area contributed by atoms with Gasteiger partial charge in [-0.1, -0.05) is 47.0 Å². The van der Waals surface area contributed by atoms with Crippen LogP contribution < -0.4 is 5.73 Å². The molecule has 0 aromatic carbocycles. The molecule has 0 radical (unpaired) electrons. The van der Waals surface area contributed by atoms with Gasteiger partial charge in [-0.25, -0.2) is 0 Å². The predicted molar refractivity (Wildman–Crippen MR) is 56.1 cm³/mol. The van der Waals surface area contributed by atoms with E-state index in [-0.39, 0.29) is 0 Å². The molecule has 0 aromatic rings. The Balaban J connectivity index is 4.24. The number of nitrogens with two attached hydrogens (primary N) is 1. The Morgan fingerprint density at radius 1 is 1.17 bits per heavy atom. The van der Waals surface area contributed by atoms with Gasteiger partial charge in [0.25, 0.3) is 0 Å². The zero-order valence-corrected chi connectivity index (χ0v) is 9.19. The van der Waals surface area contributed by atoms with E-state index in [1.54, 1.807) is 0 Å². The molecule has 0 saturated carbocycles. The molecule has 0 aliphatic heterocycles. The third-order valence-corrected chi connectivity index (χ3v) is 3.26. The van der Waals surface area contributed by atoms with Crippen LogP contribution >= 0.6 is 0 Å². The van der Waals surface area contributed by atoms with Crippen LogP contribution in [0, 0.1) is 11.3 Å². The molecule has 0 rings (SSSR count). The first-order chi connectivity index (χ1) is 5.64. The van der Waals surface area contributed by atoms with Crippen molar-refractivity contribution in [1.29, 1.82) is 0 Å². The Hall–Kier alpha value is -0.0400. The fourth-order valence-corrected chi connectivity index (χ4v) is 2.32. The van der Waals surface area contributed by atoms with Crippen molar-refractivity contribution in [3.05, 3.63) is 0 Å². The third-order valence-electron chi connectivity index (χ3n) is 3.26. The third kappa shape index (κ3) is 2.78. The Kier molecular flexibility index (Phi) is 5.56. The van der Waals surface area contributed by atoms with Crippen molar-refractivity contribution in [1.82, 2.24) is 0 Å². The maximum absolute atomic E-state index is 5.85. The highest BCUT2D eigenvalue weighted by Gasteiger charge is 2.29. The van der Waals surface area contributed by atoms with Crippen molar-refractivity contribution in [2.75, 3.05) is 6.54 Å². The second-order valence-corrected chi connectivity index (χ2v) is 4.12. The van der Waals surface area contributed by atoms with Crippen LogP contribution in [0.25, 0.3) is 0 Å². The van der Waals surface area contributed by atoms with Gasteiger partial charge in [0.15, 0.2) is 0 Å². The lowest BCUT2D eigenvalue weighted by Crippen LogP contribution is -2.34. The van der Waals surface area contributed by atoms with Crippen molar-refractivity contribution in [2.24, 2.45) is 17.1 Å². The maximum Gasteiger partial charge on any atom is -0.00205 e. The Morgan fingerprint density at radius 3 is 1.92 bits per heavy atom. The SMILES string of the molecule is CCCC(C)(CN)C(CC)CC. The summed E-state index contributed by atoms with van der Waals surface area (Å²) in [6.45, 7) is 9.98. The van der Waals surface area contributed by atoms with Crippen LogP contribution in [0.1, 0.15) is 53.4 Å². The summed E-state index contributed by atoms with van der Waals surface area (Å²) in [7, 11) is 0. The van der Waals surface area contributed by atoms with Crippen molar-refractivity contribution in [3.63, 3.8) is 0 Å². The predicted octanol–water partition coefficient (Wildman–Crippen LogP) is 3.19. The fourth-order valence-electron chi connectivity index (χ4n) is 2.32. The molecule has 74 valence electrons. The second-order valence-electron chi connectivity index (χ2n) is 4.12. The van der Waals surface area contributed by atoms with Crippen molar-refractivity contribution >= 4 is 0 Å². The summed E-state index contributed by atoms with van der Waals surface area (Å²) in [6.07, 6.45) is 5.06. The average Bonchev–Trinajstić information content (AvgIpc) is 2.07. The molecule has 0 heterocycles. The second kappa shape index (κ2) is 5.58. The van der Waals surface area contributed by atoms with Gasteiger partial charge in [0.1, 0.15) is 0 Å². The van der Waals surface area contributed by atoms with Crippen LogP contribution in [0.15, 0.2) is 0 Å². The quantitative estimate of drug-likeness (QED) is 0.652. The van der Waals surface area contributed by atoms with Gasteiger partial charge in [-0.2, -0.15) is 0 Å².